The fourth-order valence-corrected chi connectivity index (χ4v) is 3.60. The average Bonchev–Trinajstić information content (AvgIpc) is 3.16. The summed E-state index contributed by atoms with van der Waals surface area (Å²) in [6.45, 7) is 3.95. The number of ether oxygens (including phenoxy) is 5. The number of rotatable bonds is 2. The Labute approximate surface area is 145 Å². The van der Waals surface area contributed by atoms with Crippen LogP contribution in [0, 0.1) is 0 Å². The van der Waals surface area contributed by atoms with Crippen LogP contribution in [0.5, 0.6) is 11.5 Å². The Balaban J connectivity index is 1.67. The summed E-state index contributed by atoms with van der Waals surface area (Å²) in [6.07, 6.45) is 2.99. The molecule has 7 nitrogen and oxygen atoms in total. The Kier molecular flexibility index (Phi) is 3.85. The molecule has 1 amide bonds. The second-order valence-electron chi connectivity index (χ2n) is 6.75. The van der Waals surface area contributed by atoms with Crippen LogP contribution in [-0.4, -0.2) is 44.0 Å². The molecule has 0 unspecified atom stereocenters. The van der Waals surface area contributed by atoms with E-state index in [0.29, 0.717) is 5.75 Å². The van der Waals surface area contributed by atoms with Gasteiger partial charge in [-0.3, -0.25) is 0 Å². The van der Waals surface area contributed by atoms with Crippen molar-refractivity contribution < 1.29 is 28.5 Å². The van der Waals surface area contributed by atoms with E-state index in [9.17, 15) is 4.79 Å². The van der Waals surface area contributed by atoms with Gasteiger partial charge in [-0.2, -0.15) is 0 Å². The lowest BCUT2D eigenvalue weighted by Crippen LogP contribution is -2.52. The van der Waals surface area contributed by atoms with E-state index in [-0.39, 0.29) is 31.0 Å². The van der Waals surface area contributed by atoms with Crippen LogP contribution in [0.25, 0.3) is 0 Å². The number of hydrogen-bond donors (Lipinski definition) is 1. The Morgan fingerprint density at radius 2 is 2.00 bits per heavy atom. The number of carbonyl (C=O) groups is 1. The van der Waals surface area contributed by atoms with Gasteiger partial charge in [0.05, 0.1) is 13.2 Å². The fourth-order valence-electron chi connectivity index (χ4n) is 3.60. The zero-order valence-electron chi connectivity index (χ0n) is 14.4. The molecule has 7 heteroatoms. The number of benzene rings is 1. The highest BCUT2D eigenvalue weighted by Crippen LogP contribution is 2.41. The summed E-state index contributed by atoms with van der Waals surface area (Å²) in [7, 11) is 1.34. The van der Waals surface area contributed by atoms with E-state index in [0.717, 1.165) is 11.3 Å². The largest absolute Gasteiger partial charge is 0.454 e. The van der Waals surface area contributed by atoms with Gasteiger partial charge in [0, 0.05) is 5.92 Å². The molecule has 1 aromatic rings. The highest BCUT2D eigenvalue weighted by Gasteiger charge is 2.49. The van der Waals surface area contributed by atoms with Crippen molar-refractivity contribution in [2.24, 2.45) is 0 Å². The monoisotopic (exact) mass is 347 g/mol. The van der Waals surface area contributed by atoms with E-state index < -0.39 is 11.9 Å². The zero-order valence-corrected chi connectivity index (χ0v) is 14.4. The van der Waals surface area contributed by atoms with Crippen molar-refractivity contribution in [3.05, 3.63) is 35.9 Å². The summed E-state index contributed by atoms with van der Waals surface area (Å²) < 4.78 is 27.6. The van der Waals surface area contributed by atoms with Gasteiger partial charge in [0.2, 0.25) is 6.79 Å². The number of hydrogen-bond acceptors (Lipinski definition) is 6. The second-order valence-corrected chi connectivity index (χ2v) is 6.75. The third-order valence-corrected chi connectivity index (χ3v) is 4.66. The van der Waals surface area contributed by atoms with Gasteiger partial charge in [0.15, 0.2) is 17.3 Å². The van der Waals surface area contributed by atoms with Gasteiger partial charge < -0.3 is 29.0 Å². The maximum Gasteiger partial charge on any atom is 0.407 e. The van der Waals surface area contributed by atoms with Crippen LogP contribution in [0.2, 0.25) is 0 Å². The van der Waals surface area contributed by atoms with E-state index in [1.54, 1.807) is 0 Å². The molecule has 2 aliphatic heterocycles. The van der Waals surface area contributed by atoms with Crippen molar-refractivity contribution in [1.29, 1.82) is 0 Å². The molecule has 0 spiro atoms. The minimum atomic E-state index is -0.709. The van der Waals surface area contributed by atoms with Gasteiger partial charge in [-0.1, -0.05) is 18.2 Å². The first-order chi connectivity index (χ1) is 12.0. The van der Waals surface area contributed by atoms with Gasteiger partial charge in [0.25, 0.3) is 0 Å². The van der Waals surface area contributed by atoms with Crippen LogP contribution in [0.1, 0.15) is 25.3 Å². The van der Waals surface area contributed by atoms with E-state index >= 15 is 0 Å². The highest BCUT2D eigenvalue weighted by atomic mass is 16.8. The lowest BCUT2D eigenvalue weighted by atomic mass is 9.81. The van der Waals surface area contributed by atoms with Gasteiger partial charge >= 0.3 is 6.09 Å². The number of carbonyl (C=O) groups excluding carboxylic acids is 1. The standard InChI is InChI=1S/C18H21NO6/c1-18(2)24-13-7-5-11(15(16(13)25-18)19-17(20)21-3)10-4-6-12-14(8-10)23-9-22-12/h4-8,11,13,15-16H,9H2,1-3H3,(H,19,20)/t11-,13-,15-,16-/m1/s1. The molecule has 134 valence electrons. The van der Waals surface area contributed by atoms with Crippen molar-refractivity contribution in [2.75, 3.05) is 13.9 Å². The van der Waals surface area contributed by atoms with Crippen LogP contribution in [-0.2, 0) is 14.2 Å². The van der Waals surface area contributed by atoms with Crippen LogP contribution < -0.4 is 14.8 Å². The molecule has 1 N–H and O–H groups in total. The molecule has 2 heterocycles. The van der Waals surface area contributed by atoms with Crippen LogP contribution in [0.4, 0.5) is 4.79 Å². The Bertz CT molecular complexity index is 716. The molecule has 0 bridgehead atoms. The first-order valence-electron chi connectivity index (χ1n) is 8.25. The molecule has 25 heavy (non-hydrogen) atoms. The van der Waals surface area contributed by atoms with E-state index in [1.165, 1.54) is 7.11 Å². The predicted molar refractivity (Wildman–Crippen MR) is 87.6 cm³/mol. The average molecular weight is 347 g/mol. The van der Waals surface area contributed by atoms with Crippen LogP contribution in [0.3, 0.4) is 0 Å². The molecule has 1 aliphatic carbocycles. The molecule has 1 aromatic carbocycles. The molecule has 1 fully saturated rings. The Morgan fingerprint density at radius 3 is 2.80 bits per heavy atom. The third kappa shape index (κ3) is 2.94. The van der Waals surface area contributed by atoms with Gasteiger partial charge in [0.1, 0.15) is 12.2 Å². The maximum absolute atomic E-state index is 11.9. The number of methoxy groups -OCH3 is 1. The van der Waals surface area contributed by atoms with Crippen LogP contribution >= 0.6 is 0 Å². The minimum absolute atomic E-state index is 0.104. The van der Waals surface area contributed by atoms with Crippen molar-refractivity contribution >= 4 is 6.09 Å². The number of amides is 1. The zero-order chi connectivity index (χ0) is 17.6. The third-order valence-electron chi connectivity index (χ3n) is 4.66. The second kappa shape index (κ2) is 5.93. The smallest absolute Gasteiger partial charge is 0.407 e. The van der Waals surface area contributed by atoms with Gasteiger partial charge in [-0.05, 0) is 31.5 Å². The quantitative estimate of drug-likeness (QED) is 0.828. The number of fused-ring (bicyclic) bond motifs is 2. The molecule has 1 saturated heterocycles. The van der Waals surface area contributed by atoms with Crippen LogP contribution in [0.15, 0.2) is 30.4 Å². The van der Waals surface area contributed by atoms with Gasteiger partial charge in [-0.25, -0.2) is 4.79 Å². The summed E-state index contributed by atoms with van der Waals surface area (Å²) in [5, 5.41) is 2.90. The number of alkyl carbamates (subject to hydrolysis) is 1. The first kappa shape index (κ1) is 16.2. The van der Waals surface area contributed by atoms with Crippen molar-refractivity contribution in [3.8, 4) is 11.5 Å². The molecule has 0 radical (unpaired) electrons. The fraction of sp³-hybridized carbons (Fsp3) is 0.500. The lowest BCUT2D eigenvalue weighted by molar-refractivity contribution is -0.145. The summed E-state index contributed by atoms with van der Waals surface area (Å²) >= 11 is 0. The summed E-state index contributed by atoms with van der Waals surface area (Å²) in [6, 6.07) is 5.45. The van der Waals surface area contributed by atoms with Crippen molar-refractivity contribution in [1.82, 2.24) is 5.32 Å². The normalized spacial score (nSPS) is 31.5. The molecular weight excluding hydrogens is 326 g/mol. The summed E-state index contributed by atoms with van der Waals surface area (Å²) in [5.74, 6) is 0.612. The lowest BCUT2D eigenvalue weighted by Gasteiger charge is -2.34. The first-order valence-corrected chi connectivity index (χ1v) is 8.25. The van der Waals surface area contributed by atoms with Gasteiger partial charge in [-0.15, -0.1) is 0 Å². The summed E-state index contributed by atoms with van der Waals surface area (Å²) in [5.41, 5.74) is 0.994. The van der Waals surface area contributed by atoms with E-state index in [4.69, 9.17) is 23.7 Å². The molecule has 4 atom stereocenters. The maximum atomic E-state index is 11.9. The summed E-state index contributed by atoms with van der Waals surface area (Å²) in [4.78, 5) is 11.9. The number of nitrogens with one attached hydrogen (secondary N) is 1. The topological polar surface area (TPSA) is 75.3 Å². The Morgan fingerprint density at radius 1 is 1.20 bits per heavy atom. The molecule has 4 rings (SSSR count). The van der Waals surface area contributed by atoms with E-state index in [1.807, 2.05) is 44.2 Å². The predicted octanol–water partition coefficient (Wildman–Crippen LogP) is 2.31. The molecule has 3 aliphatic rings. The van der Waals surface area contributed by atoms with Crippen molar-refractivity contribution in [2.45, 2.75) is 43.8 Å². The minimum Gasteiger partial charge on any atom is -0.454 e. The molecule has 0 saturated carbocycles. The molecule has 0 aromatic heterocycles. The van der Waals surface area contributed by atoms with Crippen molar-refractivity contribution in [3.63, 3.8) is 0 Å². The Hall–Kier alpha value is -2.25. The van der Waals surface area contributed by atoms with E-state index in [2.05, 4.69) is 5.32 Å². The molecular formula is C18H21NO6. The highest BCUT2D eigenvalue weighted by molar-refractivity contribution is 5.68. The SMILES string of the molecule is COC(=O)N[C@H]1[C@@H]2OC(C)(C)O[C@@H]2C=C[C@@H]1c1ccc2c(c1)OCO2.